The minimum absolute atomic E-state index is 0.168. The van der Waals surface area contributed by atoms with Gasteiger partial charge < -0.3 is 10.1 Å². The van der Waals surface area contributed by atoms with Crippen molar-refractivity contribution in [2.24, 2.45) is 0 Å². The summed E-state index contributed by atoms with van der Waals surface area (Å²) in [6.45, 7) is 0.433. The number of hydrogen-bond acceptors (Lipinski definition) is 3. The maximum Gasteiger partial charge on any atom is 0.246 e. The van der Waals surface area contributed by atoms with Gasteiger partial charge in [0, 0.05) is 18.3 Å². The van der Waals surface area contributed by atoms with Crippen molar-refractivity contribution in [3.05, 3.63) is 95.8 Å². The molecule has 144 valence electrons. The van der Waals surface area contributed by atoms with Gasteiger partial charge in [-0.1, -0.05) is 48.5 Å². The van der Waals surface area contributed by atoms with Crippen LogP contribution in [0.4, 0.5) is 10.1 Å². The average Bonchev–Trinajstić information content (AvgIpc) is 2.69. The van der Waals surface area contributed by atoms with Crippen molar-refractivity contribution in [1.82, 2.24) is 4.90 Å². The number of nitrogens with zero attached hydrogens (tertiary/aromatic N) is 1. The summed E-state index contributed by atoms with van der Waals surface area (Å²) in [6.07, 6.45) is 0. The van der Waals surface area contributed by atoms with Gasteiger partial charge >= 0.3 is 0 Å². The number of ether oxygens (including phenoxy) is 1. The molecule has 0 saturated carbocycles. The van der Waals surface area contributed by atoms with E-state index in [1.54, 1.807) is 19.2 Å². The summed E-state index contributed by atoms with van der Waals surface area (Å²) in [5, 5.41) is 2.96. The molecular weight excluding hydrogens is 355 g/mol. The molecule has 1 N–H and O–H groups in total. The summed E-state index contributed by atoms with van der Waals surface area (Å²) in [7, 11) is 3.44. The van der Waals surface area contributed by atoms with Crippen LogP contribution in [0.3, 0.4) is 0 Å². The van der Waals surface area contributed by atoms with E-state index in [2.05, 4.69) is 5.32 Å². The Balaban J connectivity index is 1.85. The first-order valence-electron chi connectivity index (χ1n) is 9.01. The van der Waals surface area contributed by atoms with Crippen molar-refractivity contribution in [2.75, 3.05) is 19.5 Å². The van der Waals surface area contributed by atoms with Gasteiger partial charge in [0.1, 0.15) is 17.6 Å². The van der Waals surface area contributed by atoms with Gasteiger partial charge in [-0.15, -0.1) is 0 Å². The van der Waals surface area contributed by atoms with E-state index >= 15 is 0 Å². The molecule has 1 atom stereocenters. The lowest BCUT2D eigenvalue weighted by molar-refractivity contribution is -0.121. The molecular formula is C23H23FN2O2. The van der Waals surface area contributed by atoms with Crippen LogP contribution in [0, 0.1) is 5.82 Å². The SMILES string of the molecule is COc1cccc(NC(=O)[C@@H](c2ccccc2)N(C)Cc2cccc(F)c2)c1. The van der Waals surface area contributed by atoms with Gasteiger partial charge in [-0.2, -0.15) is 0 Å². The number of anilines is 1. The summed E-state index contributed by atoms with van der Waals surface area (Å²) in [6, 6.07) is 22.7. The van der Waals surface area contributed by atoms with Crippen LogP contribution in [0.25, 0.3) is 0 Å². The Morgan fingerprint density at radius 1 is 1.04 bits per heavy atom. The summed E-state index contributed by atoms with van der Waals surface area (Å²) < 4.78 is 18.8. The molecule has 0 fully saturated rings. The number of rotatable bonds is 7. The second-order valence-corrected chi connectivity index (χ2v) is 6.58. The molecule has 28 heavy (non-hydrogen) atoms. The van der Waals surface area contributed by atoms with Crippen LogP contribution < -0.4 is 10.1 Å². The zero-order valence-electron chi connectivity index (χ0n) is 15.9. The number of benzene rings is 3. The molecule has 3 aromatic carbocycles. The summed E-state index contributed by atoms with van der Waals surface area (Å²) in [4.78, 5) is 15.0. The Labute approximate surface area is 164 Å². The Bertz CT molecular complexity index is 931. The second kappa shape index (κ2) is 9.15. The predicted octanol–water partition coefficient (Wildman–Crippen LogP) is 4.65. The Kier molecular flexibility index (Phi) is 6.40. The minimum Gasteiger partial charge on any atom is -0.497 e. The predicted molar refractivity (Wildman–Crippen MR) is 109 cm³/mol. The van der Waals surface area contributed by atoms with E-state index < -0.39 is 6.04 Å². The van der Waals surface area contributed by atoms with E-state index in [-0.39, 0.29) is 11.7 Å². The van der Waals surface area contributed by atoms with E-state index in [9.17, 15) is 9.18 Å². The highest BCUT2D eigenvalue weighted by Gasteiger charge is 2.25. The minimum atomic E-state index is -0.532. The fourth-order valence-electron chi connectivity index (χ4n) is 3.17. The fraction of sp³-hybridized carbons (Fsp3) is 0.174. The Hall–Kier alpha value is -3.18. The van der Waals surface area contributed by atoms with E-state index in [0.29, 0.717) is 18.0 Å². The summed E-state index contributed by atoms with van der Waals surface area (Å²) in [5.41, 5.74) is 2.32. The van der Waals surface area contributed by atoms with Crippen molar-refractivity contribution in [3.63, 3.8) is 0 Å². The van der Waals surface area contributed by atoms with E-state index in [4.69, 9.17) is 4.74 Å². The van der Waals surface area contributed by atoms with E-state index in [1.807, 2.05) is 66.5 Å². The van der Waals surface area contributed by atoms with Crippen molar-refractivity contribution in [1.29, 1.82) is 0 Å². The normalized spacial score (nSPS) is 11.9. The molecule has 0 heterocycles. The molecule has 3 aromatic rings. The highest BCUT2D eigenvalue weighted by molar-refractivity contribution is 5.95. The molecule has 0 bridgehead atoms. The molecule has 3 rings (SSSR count). The van der Waals surface area contributed by atoms with E-state index in [1.165, 1.54) is 12.1 Å². The number of amides is 1. The maximum atomic E-state index is 13.5. The standard InChI is InChI=1S/C23H23FN2O2/c1-26(16-17-8-6-11-19(24)14-17)22(18-9-4-3-5-10-18)23(27)25-20-12-7-13-21(15-20)28-2/h3-15,22H,16H2,1-2H3,(H,25,27)/t22-/m1/s1. The van der Waals surface area contributed by atoms with Gasteiger partial charge in [-0.05, 0) is 42.4 Å². The number of hydrogen-bond donors (Lipinski definition) is 1. The molecule has 0 aliphatic rings. The zero-order valence-corrected chi connectivity index (χ0v) is 15.9. The largest absolute Gasteiger partial charge is 0.497 e. The van der Waals surface area contributed by atoms with Crippen LogP contribution in [0.2, 0.25) is 0 Å². The number of methoxy groups -OCH3 is 1. The fourth-order valence-corrected chi connectivity index (χ4v) is 3.17. The Morgan fingerprint density at radius 3 is 2.50 bits per heavy atom. The molecule has 0 aliphatic heterocycles. The first kappa shape index (κ1) is 19.6. The van der Waals surface area contributed by atoms with Crippen molar-refractivity contribution in [3.8, 4) is 5.75 Å². The molecule has 5 heteroatoms. The lowest BCUT2D eigenvalue weighted by Gasteiger charge is -2.27. The topological polar surface area (TPSA) is 41.6 Å². The quantitative estimate of drug-likeness (QED) is 0.651. The average molecular weight is 378 g/mol. The molecule has 0 saturated heterocycles. The van der Waals surface area contributed by atoms with Crippen LogP contribution in [0.15, 0.2) is 78.9 Å². The molecule has 0 aromatic heterocycles. The molecule has 0 unspecified atom stereocenters. The second-order valence-electron chi connectivity index (χ2n) is 6.58. The monoisotopic (exact) mass is 378 g/mol. The first-order chi connectivity index (χ1) is 13.6. The van der Waals surface area contributed by atoms with Gasteiger partial charge in [0.05, 0.1) is 7.11 Å². The molecule has 0 spiro atoms. The highest BCUT2D eigenvalue weighted by Crippen LogP contribution is 2.25. The number of carbonyl (C=O) groups is 1. The third-order valence-corrected chi connectivity index (χ3v) is 4.46. The van der Waals surface area contributed by atoms with Gasteiger partial charge in [-0.3, -0.25) is 9.69 Å². The number of likely N-dealkylation sites (N-methyl/N-ethyl adjacent to an activating group) is 1. The number of nitrogens with one attached hydrogen (secondary N) is 1. The lowest BCUT2D eigenvalue weighted by atomic mass is 10.0. The van der Waals surface area contributed by atoms with Gasteiger partial charge in [0.2, 0.25) is 5.91 Å². The molecule has 0 aliphatic carbocycles. The molecule has 1 amide bonds. The highest BCUT2D eigenvalue weighted by atomic mass is 19.1. The third kappa shape index (κ3) is 4.96. The molecule has 0 radical (unpaired) electrons. The number of halogens is 1. The van der Waals surface area contributed by atoms with E-state index in [0.717, 1.165) is 11.1 Å². The van der Waals surface area contributed by atoms with Gasteiger partial charge in [-0.25, -0.2) is 4.39 Å². The van der Waals surface area contributed by atoms with Crippen molar-refractivity contribution >= 4 is 11.6 Å². The Morgan fingerprint density at radius 2 is 1.79 bits per heavy atom. The smallest absolute Gasteiger partial charge is 0.246 e. The summed E-state index contributed by atoms with van der Waals surface area (Å²) >= 11 is 0. The zero-order chi connectivity index (χ0) is 19.9. The third-order valence-electron chi connectivity index (χ3n) is 4.46. The van der Waals surface area contributed by atoms with Gasteiger partial charge in [0.15, 0.2) is 0 Å². The summed E-state index contributed by atoms with van der Waals surface area (Å²) in [5.74, 6) is 0.212. The van der Waals surface area contributed by atoms with Crippen LogP contribution in [-0.4, -0.2) is 25.0 Å². The van der Waals surface area contributed by atoms with Gasteiger partial charge in [0.25, 0.3) is 0 Å². The van der Waals surface area contributed by atoms with Crippen LogP contribution in [-0.2, 0) is 11.3 Å². The number of carbonyl (C=O) groups excluding carboxylic acids is 1. The first-order valence-corrected chi connectivity index (χ1v) is 9.01. The van der Waals surface area contributed by atoms with Crippen LogP contribution in [0.5, 0.6) is 5.75 Å². The van der Waals surface area contributed by atoms with Crippen LogP contribution in [0.1, 0.15) is 17.2 Å². The van der Waals surface area contributed by atoms with Crippen LogP contribution >= 0.6 is 0 Å². The van der Waals surface area contributed by atoms with Crippen molar-refractivity contribution in [2.45, 2.75) is 12.6 Å². The maximum absolute atomic E-state index is 13.5. The lowest BCUT2D eigenvalue weighted by Crippen LogP contribution is -2.34. The van der Waals surface area contributed by atoms with Crippen molar-refractivity contribution < 1.29 is 13.9 Å². The molecule has 4 nitrogen and oxygen atoms in total.